The molecule has 0 heterocycles. The van der Waals surface area contributed by atoms with E-state index in [2.05, 4.69) is 109 Å². The highest BCUT2D eigenvalue weighted by Crippen LogP contribution is 2.35. The Bertz CT molecular complexity index is 912. The predicted octanol–water partition coefficient (Wildman–Crippen LogP) is 7.87. The number of hydrogen-bond donors (Lipinski definition) is 0. The molecule has 3 unspecified atom stereocenters. The molecule has 170 valence electrons. The molecule has 0 saturated heterocycles. The molecule has 3 heteroatoms. The van der Waals surface area contributed by atoms with E-state index in [4.69, 9.17) is 4.74 Å². The van der Waals surface area contributed by atoms with Gasteiger partial charge in [-0.2, -0.15) is 0 Å². The van der Waals surface area contributed by atoms with Gasteiger partial charge in [-0.25, -0.2) is 0 Å². The Hall–Kier alpha value is -2.13. The zero-order valence-corrected chi connectivity index (χ0v) is 21.1. The van der Waals surface area contributed by atoms with Crippen molar-refractivity contribution >= 4 is 28.0 Å². The number of alkyl halides is 1. The molecule has 0 radical (unpaired) electrons. The molecular weight excluding hydrogens is 460 g/mol. The third-order valence-electron chi connectivity index (χ3n) is 6.31. The smallest absolute Gasteiger partial charge is 0.303 e. The van der Waals surface area contributed by atoms with Crippen molar-refractivity contribution < 1.29 is 9.53 Å². The fraction of sp³-hybridized carbons (Fsp3) is 0.414. The molecule has 1 saturated carbocycles. The summed E-state index contributed by atoms with van der Waals surface area (Å²) in [5.41, 5.74) is 3.94. The molecular formula is C29H35BrO2. The molecule has 0 bridgehead atoms. The zero-order chi connectivity index (χ0) is 23.0. The quantitative estimate of drug-likeness (QED) is 0.201. The van der Waals surface area contributed by atoms with Crippen LogP contribution in [0.1, 0.15) is 63.1 Å². The molecule has 1 aliphatic rings. The third kappa shape index (κ3) is 7.78. The monoisotopic (exact) mass is 494 g/mol. The second kappa shape index (κ2) is 11.7. The highest BCUT2D eigenvalue weighted by Gasteiger charge is 2.22. The summed E-state index contributed by atoms with van der Waals surface area (Å²) in [6.07, 6.45) is 14.9. The van der Waals surface area contributed by atoms with Crippen LogP contribution < -0.4 is 0 Å². The summed E-state index contributed by atoms with van der Waals surface area (Å²) in [6, 6.07) is 19.4. The lowest BCUT2D eigenvalue weighted by Crippen LogP contribution is -2.13. The number of carbonyl (C=O) groups excluding carboxylic acids is 1. The van der Waals surface area contributed by atoms with Crippen LogP contribution in [0, 0.1) is 11.8 Å². The molecule has 2 aromatic rings. The first kappa shape index (κ1) is 24.5. The highest BCUT2D eigenvalue weighted by molar-refractivity contribution is 9.09. The second-order valence-corrected chi connectivity index (χ2v) is 10.5. The van der Waals surface area contributed by atoms with Crippen molar-refractivity contribution in [2.24, 2.45) is 11.8 Å². The maximum Gasteiger partial charge on any atom is 0.303 e. The largest absolute Gasteiger partial charge is 0.451 e. The normalized spacial score (nSPS) is 20.1. The van der Waals surface area contributed by atoms with Gasteiger partial charge in [-0.05, 0) is 76.6 Å². The Morgan fingerprint density at radius 3 is 2.38 bits per heavy atom. The first-order chi connectivity index (χ1) is 15.3. The van der Waals surface area contributed by atoms with Gasteiger partial charge < -0.3 is 4.74 Å². The fourth-order valence-corrected chi connectivity index (χ4v) is 4.80. The van der Waals surface area contributed by atoms with Crippen LogP contribution in [-0.4, -0.2) is 11.0 Å². The number of carbonyl (C=O) groups is 1. The van der Waals surface area contributed by atoms with Gasteiger partial charge in [-0.1, -0.05) is 92.7 Å². The lowest BCUT2D eigenvalue weighted by atomic mass is 9.83. The van der Waals surface area contributed by atoms with Crippen LogP contribution in [0.2, 0.25) is 0 Å². The Morgan fingerprint density at radius 2 is 1.72 bits per heavy atom. The first-order valence-corrected chi connectivity index (χ1v) is 12.6. The van der Waals surface area contributed by atoms with Crippen LogP contribution in [0.3, 0.4) is 0 Å². The molecule has 3 rings (SSSR count). The van der Waals surface area contributed by atoms with Gasteiger partial charge in [-0.3, -0.25) is 4.79 Å². The standard InChI is InChI=1S/C29H35BrO2/c1-22(31)32-28(30)18-17-24-11-9-23(10-12-24)13-14-25-15-16-26(21-25)19-20-29(2,3)27-7-5-4-6-8-27/h4-14,19-20,25-26,28H,15-18,21H2,1-3H3/b14-13-,20-19-. The van der Waals surface area contributed by atoms with E-state index in [1.165, 1.54) is 42.9 Å². The molecule has 2 nitrogen and oxygen atoms in total. The predicted molar refractivity (Wildman–Crippen MR) is 138 cm³/mol. The molecule has 32 heavy (non-hydrogen) atoms. The van der Waals surface area contributed by atoms with E-state index in [9.17, 15) is 4.79 Å². The zero-order valence-electron chi connectivity index (χ0n) is 19.5. The van der Waals surface area contributed by atoms with Crippen LogP contribution in [0.15, 0.2) is 72.8 Å². The van der Waals surface area contributed by atoms with Crippen LogP contribution in [0.4, 0.5) is 0 Å². The summed E-state index contributed by atoms with van der Waals surface area (Å²) in [6.45, 7) is 6.02. The van der Waals surface area contributed by atoms with Crippen molar-refractivity contribution in [3.8, 4) is 0 Å². The summed E-state index contributed by atoms with van der Waals surface area (Å²) in [5.74, 6) is 1.07. The van der Waals surface area contributed by atoms with Gasteiger partial charge in [0, 0.05) is 12.3 Å². The van der Waals surface area contributed by atoms with Gasteiger partial charge in [0.05, 0.1) is 0 Å². The summed E-state index contributed by atoms with van der Waals surface area (Å²) >= 11 is 3.39. The third-order valence-corrected chi connectivity index (χ3v) is 6.96. The van der Waals surface area contributed by atoms with Crippen LogP contribution >= 0.6 is 15.9 Å². The number of allylic oxidation sites excluding steroid dienone is 3. The average Bonchev–Trinajstić information content (AvgIpc) is 3.24. The van der Waals surface area contributed by atoms with Crippen molar-refractivity contribution in [3.63, 3.8) is 0 Å². The molecule has 1 aliphatic carbocycles. The van der Waals surface area contributed by atoms with Crippen molar-refractivity contribution in [2.45, 2.75) is 63.3 Å². The molecule has 0 spiro atoms. The number of halogens is 1. The van der Waals surface area contributed by atoms with Crippen LogP contribution in [-0.2, 0) is 21.4 Å². The van der Waals surface area contributed by atoms with Gasteiger partial charge in [0.15, 0.2) is 5.01 Å². The van der Waals surface area contributed by atoms with E-state index in [1.807, 2.05) is 0 Å². The van der Waals surface area contributed by atoms with Gasteiger partial charge in [0.1, 0.15) is 0 Å². The Morgan fingerprint density at radius 1 is 1.06 bits per heavy atom. The van der Waals surface area contributed by atoms with E-state index in [0.29, 0.717) is 11.8 Å². The maximum absolute atomic E-state index is 11.0. The summed E-state index contributed by atoms with van der Waals surface area (Å²) in [4.78, 5) is 11.0. The van der Waals surface area contributed by atoms with Gasteiger partial charge in [-0.15, -0.1) is 0 Å². The lowest BCUT2D eigenvalue weighted by molar-refractivity contribution is -0.142. The Labute approximate surface area is 201 Å². The van der Waals surface area contributed by atoms with Crippen molar-refractivity contribution in [2.75, 3.05) is 0 Å². The lowest BCUT2D eigenvalue weighted by Gasteiger charge is -2.21. The molecule has 2 aromatic carbocycles. The van der Waals surface area contributed by atoms with E-state index < -0.39 is 0 Å². The van der Waals surface area contributed by atoms with Gasteiger partial charge in [0.2, 0.25) is 0 Å². The Balaban J connectivity index is 1.47. The number of esters is 1. The SMILES string of the molecule is CC(=O)OC(Br)CCc1ccc(/C=C\C2CCC(/C=C\C(C)(C)c3ccccc3)C2)cc1. The van der Waals surface area contributed by atoms with E-state index in [1.54, 1.807) is 0 Å². The topological polar surface area (TPSA) is 26.3 Å². The summed E-state index contributed by atoms with van der Waals surface area (Å²) in [5, 5.41) is -0.220. The van der Waals surface area contributed by atoms with Gasteiger partial charge in [0.25, 0.3) is 0 Å². The van der Waals surface area contributed by atoms with Gasteiger partial charge >= 0.3 is 5.97 Å². The number of aryl methyl sites for hydroxylation is 1. The van der Waals surface area contributed by atoms with Crippen LogP contribution in [0.25, 0.3) is 6.08 Å². The van der Waals surface area contributed by atoms with Crippen molar-refractivity contribution in [1.29, 1.82) is 0 Å². The van der Waals surface area contributed by atoms with E-state index >= 15 is 0 Å². The Kier molecular flexibility index (Phi) is 8.92. The number of rotatable bonds is 9. The van der Waals surface area contributed by atoms with Crippen molar-refractivity contribution in [1.82, 2.24) is 0 Å². The van der Waals surface area contributed by atoms with E-state index in [-0.39, 0.29) is 16.4 Å². The molecule has 0 amide bonds. The fourth-order valence-electron chi connectivity index (χ4n) is 4.30. The minimum Gasteiger partial charge on any atom is -0.451 e. The summed E-state index contributed by atoms with van der Waals surface area (Å²) in [7, 11) is 0. The second-order valence-electron chi connectivity index (χ2n) is 9.44. The summed E-state index contributed by atoms with van der Waals surface area (Å²) < 4.78 is 5.12. The molecule has 3 atom stereocenters. The molecule has 1 fully saturated rings. The number of benzene rings is 2. The minimum atomic E-state index is -0.253. The molecule has 0 aromatic heterocycles. The molecule has 0 aliphatic heterocycles. The average molecular weight is 496 g/mol. The highest BCUT2D eigenvalue weighted by atomic mass is 79.9. The van der Waals surface area contributed by atoms with E-state index in [0.717, 1.165) is 12.8 Å². The van der Waals surface area contributed by atoms with Crippen molar-refractivity contribution in [3.05, 3.63) is 89.5 Å². The maximum atomic E-state index is 11.0. The number of hydrogen-bond acceptors (Lipinski definition) is 2. The number of ether oxygens (including phenoxy) is 1. The molecule has 0 N–H and O–H groups in total. The first-order valence-electron chi connectivity index (χ1n) is 11.6. The van der Waals surface area contributed by atoms with Crippen LogP contribution in [0.5, 0.6) is 0 Å². The minimum absolute atomic E-state index is 0.0734.